The largest absolute Gasteiger partial charge is 0.494 e. The lowest BCUT2D eigenvalue weighted by Gasteiger charge is -2.06. The van der Waals surface area contributed by atoms with Crippen molar-refractivity contribution in [3.63, 3.8) is 0 Å². The van der Waals surface area contributed by atoms with E-state index < -0.39 is 0 Å². The molecule has 0 heterocycles. The van der Waals surface area contributed by atoms with Crippen LogP contribution in [0.2, 0.25) is 0 Å². The number of aliphatic imine (C=N–C) groups is 1. The number of nitrogens with two attached hydrogens (primary N) is 1. The minimum Gasteiger partial charge on any atom is -0.494 e. The van der Waals surface area contributed by atoms with E-state index in [2.05, 4.69) is 11.9 Å². The van der Waals surface area contributed by atoms with E-state index in [0.29, 0.717) is 5.84 Å². The van der Waals surface area contributed by atoms with E-state index >= 15 is 0 Å². The number of unbranched alkanes of at least 4 members (excludes halogenated alkanes) is 3. The summed E-state index contributed by atoms with van der Waals surface area (Å²) in [6.45, 7) is 2.97. The predicted molar refractivity (Wildman–Crippen MR) is 78.1 cm³/mol. The number of hydrogen-bond acceptors (Lipinski definition) is 2. The fourth-order valence-corrected chi connectivity index (χ4v) is 1.59. The Labute approximate surface area is 114 Å². The third kappa shape index (κ3) is 5.92. The van der Waals surface area contributed by atoms with Crippen LogP contribution >= 0.6 is 11.6 Å². The van der Waals surface area contributed by atoms with E-state index in [9.17, 15) is 0 Å². The van der Waals surface area contributed by atoms with Gasteiger partial charge in [0.1, 0.15) is 11.6 Å². The molecule has 4 heteroatoms. The maximum atomic E-state index is 5.63. The summed E-state index contributed by atoms with van der Waals surface area (Å²) in [5.74, 6) is 1.54. The Hall–Kier alpha value is -1.22. The first-order chi connectivity index (χ1) is 8.76. The fourth-order valence-electron chi connectivity index (χ4n) is 1.53. The second-order valence-corrected chi connectivity index (χ2v) is 4.41. The Bertz CT molecular complexity index is 363. The maximum absolute atomic E-state index is 5.63. The molecule has 0 spiro atoms. The Morgan fingerprint density at radius 1 is 1.22 bits per heavy atom. The Morgan fingerprint density at radius 2 is 1.94 bits per heavy atom. The fraction of sp³-hybridized carbons (Fsp3) is 0.500. The molecule has 0 bridgehead atoms. The van der Waals surface area contributed by atoms with Crippen molar-refractivity contribution in [2.45, 2.75) is 32.6 Å². The number of nitrogens with zero attached hydrogens (tertiary/aromatic N) is 1. The highest BCUT2D eigenvalue weighted by Crippen LogP contribution is 2.18. The normalized spacial score (nSPS) is 11.6. The first kappa shape index (κ1) is 14.8. The molecular formula is C14H21ClN2O. The van der Waals surface area contributed by atoms with Gasteiger partial charge in [-0.1, -0.05) is 26.2 Å². The maximum Gasteiger partial charge on any atom is 0.119 e. The molecule has 0 saturated carbocycles. The second-order valence-electron chi connectivity index (χ2n) is 4.14. The van der Waals surface area contributed by atoms with Crippen molar-refractivity contribution < 1.29 is 4.74 Å². The number of halogens is 1. The van der Waals surface area contributed by atoms with Crippen molar-refractivity contribution >= 4 is 23.1 Å². The Kier molecular flexibility index (Phi) is 7.26. The van der Waals surface area contributed by atoms with Crippen LogP contribution in [0.4, 0.5) is 5.69 Å². The van der Waals surface area contributed by atoms with Crippen molar-refractivity contribution in [1.29, 1.82) is 0 Å². The molecular weight excluding hydrogens is 248 g/mol. The van der Waals surface area contributed by atoms with Gasteiger partial charge < -0.3 is 10.5 Å². The lowest BCUT2D eigenvalue weighted by Crippen LogP contribution is -2.12. The molecule has 1 rings (SSSR count). The van der Waals surface area contributed by atoms with Gasteiger partial charge in [-0.05, 0) is 30.7 Å². The van der Waals surface area contributed by atoms with Gasteiger partial charge in [-0.2, -0.15) is 0 Å². The molecule has 0 atom stereocenters. The van der Waals surface area contributed by atoms with Gasteiger partial charge in [0, 0.05) is 0 Å². The average molecular weight is 269 g/mol. The summed E-state index contributed by atoms with van der Waals surface area (Å²) in [7, 11) is 0. The predicted octanol–water partition coefficient (Wildman–Crippen LogP) is 3.87. The molecule has 1 aromatic rings. The summed E-state index contributed by atoms with van der Waals surface area (Å²) in [5, 5.41) is 0. The molecule has 0 aromatic heterocycles. The summed E-state index contributed by atoms with van der Waals surface area (Å²) in [6, 6.07) is 7.56. The van der Waals surface area contributed by atoms with Crippen molar-refractivity contribution in [1.82, 2.24) is 0 Å². The summed E-state index contributed by atoms with van der Waals surface area (Å²) < 4.78 is 5.63. The Morgan fingerprint density at radius 3 is 2.56 bits per heavy atom. The van der Waals surface area contributed by atoms with Gasteiger partial charge in [-0.25, -0.2) is 4.99 Å². The molecule has 0 saturated heterocycles. The van der Waals surface area contributed by atoms with Gasteiger partial charge in [-0.15, -0.1) is 11.6 Å². The van der Waals surface area contributed by atoms with Crippen molar-refractivity contribution in [2.75, 3.05) is 12.5 Å². The summed E-state index contributed by atoms with van der Waals surface area (Å²) >= 11 is 5.56. The minimum absolute atomic E-state index is 0.246. The number of alkyl halides is 1. The minimum atomic E-state index is 0.246. The molecule has 0 amide bonds. The third-order valence-corrected chi connectivity index (χ3v) is 2.79. The van der Waals surface area contributed by atoms with Gasteiger partial charge in [0.2, 0.25) is 0 Å². The molecule has 0 unspecified atom stereocenters. The van der Waals surface area contributed by atoms with Gasteiger partial charge in [0.25, 0.3) is 0 Å². The molecule has 0 aliphatic rings. The van der Waals surface area contributed by atoms with E-state index in [1.54, 1.807) is 0 Å². The quantitative estimate of drug-likeness (QED) is 0.337. The monoisotopic (exact) mass is 268 g/mol. The summed E-state index contributed by atoms with van der Waals surface area (Å²) in [4.78, 5) is 4.15. The molecule has 0 aliphatic carbocycles. The zero-order valence-electron chi connectivity index (χ0n) is 10.9. The highest BCUT2D eigenvalue weighted by atomic mass is 35.5. The van der Waals surface area contributed by atoms with Crippen molar-refractivity contribution in [2.24, 2.45) is 10.7 Å². The number of benzene rings is 1. The first-order valence-corrected chi connectivity index (χ1v) is 6.91. The van der Waals surface area contributed by atoms with E-state index in [4.69, 9.17) is 22.1 Å². The number of rotatable bonds is 8. The lowest BCUT2D eigenvalue weighted by atomic mass is 10.2. The van der Waals surface area contributed by atoms with E-state index in [0.717, 1.165) is 24.5 Å². The molecule has 1 aromatic carbocycles. The van der Waals surface area contributed by atoms with Crippen LogP contribution in [0, 0.1) is 0 Å². The van der Waals surface area contributed by atoms with Crippen LogP contribution in [0.25, 0.3) is 0 Å². The molecule has 100 valence electrons. The third-order valence-electron chi connectivity index (χ3n) is 2.51. The van der Waals surface area contributed by atoms with Crippen LogP contribution in [-0.2, 0) is 0 Å². The van der Waals surface area contributed by atoms with Crippen LogP contribution < -0.4 is 10.5 Å². The van der Waals surface area contributed by atoms with E-state index in [1.807, 2.05) is 24.3 Å². The van der Waals surface area contributed by atoms with Gasteiger partial charge in [0.05, 0.1) is 18.2 Å². The van der Waals surface area contributed by atoms with E-state index in [-0.39, 0.29) is 5.88 Å². The van der Waals surface area contributed by atoms with Crippen LogP contribution in [0.3, 0.4) is 0 Å². The van der Waals surface area contributed by atoms with Crippen LogP contribution in [0.1, 0.15) is 32.6 Å². The van der Waals surface area contributed by atoms with Crippen LogP contribution in [0.5, 0.6) is 5.75 Å². The van der Waals surface area contributed by atoms with Crippen LogP contribution in [0.15, 0.2) is 29.3 Å². The highest BCUT2D eigenvalue weighted by molar-refractivity contribution is 6.28. The van der Waals surface area contributed by atoms with Crippen molar-refractivity contribution in [3.8, 4) is 5.75 Å². The summed E-state index contributed by atoms with van der Waals surface area (Å²) in [5.41, 5.74) is 6.35. The molecule has 0 fully saturated rings. The summed E-state index contributed by atoms with van der Waals surface area (Å²) in [6.07, 6.45) is 4.85. The van der Waals surface area contributed by atoms with Crippen molar-refractivity contribution in [3.05, 3.63) is 24.3 Å². The average Bonchev–Trinajstić information content (AvgIpc) is 2.40. The molecule has 2 N–H and O–H groups in total. The molecule has 18 heavy (non-hydrogen) atoms. The van der Waals surface area contributed by atoms with Gasteiger partial charge in [0.15, 0.2) is 0 Å². The second kappa shape index (κ2) is 8.81. The Balaban J connectivity index is 2.36. The molecule has 3 nitrogen and oxygen atoms in total. The zero-order chi connectivity index (χ0) is 13.2. The molecule has 0 aliphatic heterocycles. The smallest absolute Gasteiger partial charge is 0.119 e. The number of ether oxygens (including phenoxy) is 1. The van der Waals surface area contributed by atoms with Gasteiger partial charge in [-0.3, -0.25) is 0 Å². The lowest BCUT2D eigenvalue weighted by molar-refractivity contribution is 0.305. The highest BCUT2D eigenvalue weighted by Gasteiger charge is 1.96. The number of hydrogen-bond donors (Lipinski definition) is 1. The standard InChI is InChI=1S/C14H21ClN2O/c1-2-3-4-5-10-18-13-8-6-12(7-9-13)17-14(16)11-15/h6-9H,2-5,10-11H2,1H3,(H2,16,17). The molecule has 0 radical (unpaired) electrons. The van der Waals surface area contributed by atoms with Crippen LogP contribution in [-0.4, -0.2) is 18.3 Å². The zero-order valence-corrected chi connectivity index (χ0v) is 11.6. The first-order valence-electron chi connectivity index (χ1n) is 6.38. The topological polar surface area (TPSA) is 47.6 Å². The SMILES string of the molecule is CCCCCCOc1ccc(N=C(N)CCl)cc1. The number of amidine groups is 1. The van der Waals surface area contributed by atoms with E-state index in [1.165, 1.54) is 19.3 Å². The van der Waals surface area contributed by atoms with Gasteiger partial charge >= 0.3 is 0 Å².